The third-order valence-electron chi connectivity index (χ3n) is 5.20. The highest BCUT2D eigenvalue weighted by Crippen LogP contribution is 2.43. The zero-order chi connectivity index (χ0) is 19.8. The maximum Gasteiger partial charge on any atom is 0.319 e. The Bertz CT molecular complexity index is 1170. The van der Waals surface area contributed by atoms with Crippen LogP contribution >= 0.6 is 0 Å². The summed E-state index contributed by atoms with van der Waals surface area (Å²) in [4.78, 5) is 12.8. The smallest absolute Gasteiger partial charge is 0.319 e. The number of benzene rings is 3. The van der Waals surface area contributed by atoms with Crippen LogP contribution in [0.15, 0.2) is 79.1 Å². The fraction of sp³-hybridized carbons (Fsp3) is 0.0870. The van der Waals surface area contributed by atoms with Gasteiger partial charge in [-0.25, -0.2) is 4.79 Å². The van der Waals surface area contributed by atoms with Crippen molar-refractivity contribution in [3.05, 3.63) is 90.3 Å². The summed E-state index contributed by atoms with van der Waals surface area (Å²) < 4.78 is 1.84. The van der Waals surface area contributed by atoms with E-state index in [1.54, 1.807) is 6.33 Å². The Labute approximate surface area is 168 Å². The van der Waals surface area contributed by atoms with Gasteiger partial charge in [0, 0.05) is 18.3 Å². The van der Waals surface area contributed by atoms with Crippen molar-refractivity contribution in [2.75, 3.05) is 5.32 Å². The van der Waals surface area contributed by atoms with Crippen LogP contribution in [0, 0.1) is 0 Å². The Kier molecular flexibility index (Phi) is 4.09. The first-order valence-corrected chi connectivity index (χ1v) is 9.41. The molecule has 0 saturated carbocycles. The fourth-order valence-electron chi connectivity index (χ4n) is 3.89. The van der Waals surface area contributed by atoms with Crippen molar-refractivity contribution in [2.24, 2.45) is 7.05 Å². The molecule has 0 unspecified atom stereocenters. The van der Waals surface area contributed by atoms with Gasteiger partial charge in [0.1, 0.15) is 6.33 Å². The van der Waals surface area contributed by atoms with Gasteiger partial charge in [-0.1, -0.05) is 60.7 Å². The molecule has 0 radical (unpaired) electrons. The number of aromatic nitrogens is 3. The van der Waals surface area contributed by atoms with Gasteiger partial charge in [-0.15, -0.1) is 10.2 Å². The lowest BCUT2D eigenvalue weighted by atomic mass is 10.1. The van der Waals surface area contributed by atoms with E-state index in [4.69, 9.17) is 0 Å². The molecule has 142 valence electrons. The summed E-state index contributed by atoms with van der Waals surface area (Å²) in [7, 11) is 1.89. The molecule has 0 atom stereocenters. The van der Waals surface area contributed by atoms with Crippen molar-refractivity contribution in [3.63, 3.8) is 0 Å². The minimum atomic E-state index is -0.253. The molecule has 1 aliphatic carbocycles. The molecule has 1 heterocycles. The van der Waals surface area contributed by atoms with Crippen molar-refractivity contribution >= 4 is 11.7 Å². The molecule has 2 N–H and O–H groups in total. The average Bonchev–Trinajstić information content (AvgIpc) is 3.30. The van der Waals surface area contributed by atoms with Crippen molar-refractivity contribution in [2.45, 2.75) is 6.04 Å². The van der Waals surface area contributed by atoms with E-state index in [-0.39, 0.29) is 12.1 Å². The molecule has 1 aromatic heterocycles. The Hall–Kier alpha value is -3.93. The van der Waals surface area contributed by atoms with E-state index in [0.717, 1.165) is 33.6 Å². The molecule has 2 amide bonds. The summed E-state index contributed by atoms with van der Waals surface area (Å²) in [6.07, 6.45) is 1.65. The number of rotatable bonds is 3. The number of carbonyl (C=O) groups excluding carboxylic acids is 1. The lowest BCUT2D eigenvalue weighted by Crippen LogP contribution is -2.32. The highest BCUT2D eigenvalue weighted by molar-refractivity contribution is 5.92. The normalized spacial score (nSPS) is 12.3. The van der Waals surface area contributed by atoms with Gasteiger partial charge in [0.15, 0.2) is 5.82 Å². The number of hydrogen-bond acceptors (Lipinski definition) is 3. The van der Waals surface area contributed by atoms with Crippen LogP contribution in [0.4, 0.5) is 10.5 Å². The number of amides is 2. The van der Waals surface area contributed by atoms with Crippen LogP contribution in [0.3, 0.4) is 0 Å². The van der Waals surface area contributed by atoms with Gasteiger partial charge in [-0.05, 0) is 34.4 Å². The predicted octanol–water partition coefficient (Wildman–Crippen LogP) is 4.37. The number of carbonyl (C=O) groups is 1. The Morgan fingerprint density at radius 2 is 1.62 bits per heavy atom. The lowest BCUT2D eigenvalue weighted by Gasteiger charge is -2.17. The number of urea groups is 1. The summed E-state index contributed by atoms with van der Waals surface area (Å²) in [5.74, 6) is 0.743. The molecule has 6 heteroatoms. The minimum absolute atomic E-state index is 0.177. The highest BCUT2D eigenvalue weighted by atomic mass is 16.2. The highest BCUT2D eigenvalue weighted by Gasteiger charge is 2.29. The number of nitrogens with one attached hydrogen (secondary N) is 2. The van der Waals surface area contributed by atoms with Crippen LogP contribution in [-0.4, -0.2) is 20.8 Å². The number of anilines is 1. The fourth-order valence-corrected chi connectivity index (χ4v) is 3.89. The van der Waals surface area contributed by atoms with Crippen molar-refractivity contribution in [1.29, 1.82) is 0 Å². The molecular formula is C23H19N5O. The van der Waals surface area contributed by atoms with Gasteiger partial charge in [0.25, 0.3) is 0 Å². The molecule has 0 fully saturated rings. The van der Waals surface area contributed by atoms with E-state index < -0.39 is 0 Å². The van der Waals surface area contributed by atoms with E-state index in [2.05, 4.69) is 45.1 Å². The molecule has 0 saturated heterocycles. The van der Waals surface area contributed by atoms with Crippen LogP contribution in [0.25, 0.3) is 22.5 Å². The summed E-state index contributed by atoms with van der Waals surface area (Å²) in [5, 5.41) is 14.1. The zero-order valence-corrected chi connectivity index (χ0v) is 15.8. The largest absolute Gasteiger partial charge is 0.327 e. The topological polar surface area (TPSA) is 71.8 Å². The Morgan fingerprint density at radius 3 is 2.28 bits per heavy atom. The van der Waals surface area contributed by atoms with Gasteiger partial charge >= 0.3 is 6.03 Å². The predicted molar refractivity (Wildman–Crippen MR) is 112 cm³/mol. The van der Waals surface area contributed by atoms with Crippen molar-refractivity contribution in [1.82, 2.24) is 20.1 Å². The Balaban J connectivity index is 1.39. The molecule has 3 aromatic carbocycles. The first kappa shape index (κ1) is 17.2. The molecule has 0 spiro atoms. The summed E-state index contributed by atoms with van der Waals surface area (Å²) in [5.41, 5.74) is 6.13. The van der Waals surface area contributed by atoms with Crippen LogP contribution in [-0.2, 0) is 7.05 Å². The lowest BCUT2D eigenvalue weighted by molar-refractivity contribution is 0.250. The number of aryl methyl sites for hydroxylation is 1. The zero-order valence-electron chi connectivity index (χ0n) is 15.8. The SMILES string of the molecule is Cn1cnnc1-c1cccc(NC(=O)NC2c3ccccc3-c3ccccc32)c1. The number of nitrogens with zero attached hydrogens (tertiary/aromatic N) is 3. The Morgan fingerprint density at radius 1 is 0.931 bits per heavy atom. The molecule has 0 aliphatic heterocycles. The first-order chi connectivity index (χ1) is 14.2. The molecule has 0 bridgehead atoms. The van der Waals surface area contributed by atoms with E-state index in [0.29, 0.717) is 5.69 Å². The summed E-state index contributed by atoms with van der Waals surface area (Å²) >= 11 is 0. The number of hydrogen-bond donors (Lipinski definition) is 2. The van der Waals surface area contributed by atoms with Crippen LogP contribution in [0.5, 0.6) is 0 Å². The van der Waals surface area contributed by atoms with Gasteiger partial charge in [-0.2, -0.15) is 0 Å². The second kappa shape index (κ2) is 6.91. The van der Waals surface area contributed by atoms with Crippen LogP contribution in [0.1, 0.15) is 17.2 Å². The third kappa shape index (κ3) is 3.04. The van der Waals surface area contributed by atoms with E-state index >= 15 is 0 Å². The minimum Gasteiger partial charge on any atom is -0.327 e. The van der Waals surface area contributed by atoms with Gasteiger partial charge < -0.3 is 15.2 Å². The van der Waals surface area contributed by atoms with Crippen LogP contribution < -0.4 is 10.6 Å². The third-order valence-corrected chi connectivity index (χ3v) is 5.20. The van der Waals surface area contributed by atoms with Gasteiger partial charge in [0.05, 0.1) is 6.04 Å². The second-order valence-corrected chi connectivity index (χ2v) is 7.05. The quantitative estimate of drug-likeness (QED) is 0.553. The van der Waals surface area contributed by atoms with Crippen molar-refractivity contribution < 1.29 is 4.79 Å². The van der Waals surface area contributed by atoms with Crippen LogP contribution in [0.2, 0.25) is 0 Å². The molecule has 29 heavy (non-hydrogen) atoms. The van der Waals surface area contributed by atoms with E-state index in [9.17, 15) is 4.79 Å². The molecule has 4 aromatic rings. The molecular weight excluding hydrogens is 362 g/mol. The summed E-state index contributed by atoms with van der Waals surface area (Å²) in [6.45, 7) is 0. The molecule has 1 aliphatic rings. The van der Waals surface area contributed by atoms with E-state index in [1.807, 2.05) is 60.1 Å². The second-order valence-electron chi connectivity index (χ2n) is 7.05. The van der Waals surface area contributed by atoms with E-state index in [1.165, 1.54) is 0 Å². The van der Waals surface area contributed by atoms with Crippen molar-refractivity contribution in [3.8, 4) is 22.5 Å². The maximum atomic E-state index is 12.8. The first-order valence-electron chi connectivity index (χ1n) is 9.41. The monoisotopic (exact) mass is 381 g/mol. The molecule has 5 rings (SSSR count). The molecule has 6 nitrogen and oxygen atoms in total. The average molecular weight is 381 g/mol. The maximum absolute atomic E-state index is 12.8. The van der Waals surface area contributed by atoms with Gasteiger partial charge in [0.2, 0.25) is 0 Å². The number of fused-ring (bicyclic) bond motifs is 3. The standard InChI is InChI=1S/C23H19N5O/c1-28-14-24-27-22(28)15-7-6-8-16(13-15)25-23(29)26-21-19-11-4-2-9-17(19)18-10-3-5-12-20(18)21/h2-14,21H,1H3,(H2,25,26,29). The van der Waals surface area contributed by atoms with Gasteiger partial charge in [-0.3, -0.25) is 0 Å². The summed E-state index contributed by atoms with van der Waals surface area (Å²) in [6, 6.07) is 23.5.